The monoisotopic (exact) mass is 296 g/mol. The maximum absolute atomic E-state index is 12.3. The van der Waals surface area contributed by atoms with Gasteiger partial charge in [-0.3, -0.25) is 4.79 Å². The summed E-state index contributed by atoms with van der Waals surface area (Å²) >= 11 is 0. The Hall–Kier alpha value is -2.29. The molecule has 1 atom stereocenters. The number of carbonyl (C=O) groups excluding carboxylic acids is 1. The topological polar surface area (TPSA) is 41.1 Å². The first kappa shape index (κ1) is 16.1. The molecule has 116 valence electrons. The third-order valence-corrected chi connectivity index (χ3v) is 3.80. The maximum atomic E-state index is 12.3. The Balaban J connectivity index is 1.97. The number of benzene rings is 2. The van der Waals surface area contributed by atoms with Crippen molar-refractivity contribution in [3.05, 3.63) is 65.7 Å². The van der Waals surface area contributed by atoms with Crippen molar-refractivity contribution in [3.63, 3.8) is 0 Å². The van der Waals surface area contributed by atoms with Crippen LogP contribution in [0.5, 0.6) is 0 Å². The minimum atomic E-state index is -0.0152. The Morgan fingerprint density at radius 3 is 2.27 bits per heavy atom. The van der Waals surface area contributed by atoms with Gasteiger partial charge >= 0.3 is 0 Å². The number of hydrogen-bond donors (Lipinski definition) is 2. The summed E-state index contributed by atoms with van der Waals surface area (Å²) in [5, 5.41) is 6.53. The number of para-hydroxylation sites is 1. The van der Waals surface area contributed by atoms with Crippen LogP contribution < -0.4 is 10.6 Å². The standard InChI is InChI=1S/C19H24N2O/c1-14(2)18(21-16-10-5-4-6-11-16)13-20-19(22)17-12-8-7-9-15(17)3/h4-12,14,18,21H,13H2,1-3H3,(H,20,22). The lowest BCUT2D eigenvalue weighted by Crippen LogP contribution is -2.39. The van der Waals surface area contributed by atoms with Gasteiger partial charge in [0.05, 0.1) is 0 Å². The summed E-state index contributed by atoms with van der Waals surface area (Å²) in [5.74, 6) is 0.399. The number of anilines is 1. The minimum Gasteiger partial charge on any atom is -0.380 e. The predicted molar refractivity (Wildman–Crippen MR) is 92.2 cm³/mol. The Kier molecular flexibility index (Phi) is 5.59. The summed E-state index contributed by atoms with van der Waals surface area (Å²) in [6, 6.07) is 17.9. The molecule has 0 spiro atoms. The first-order valence-electron chi connectivity index (χ1n) is 7.73. The van der Waals surface area contributed by atoms with Gasteiger partial charge in [0.2, 0.25) is 0 Å². The molecule has 0 fully saturated rings. The van der Waals surface area contributed by atoms with E-state index in [1.165, 1.54) is 0 Å². The molecule has 2 aromatic carbocycles. The molecule has 0 aliphatic carbocycles. The van der Waals surface area contributed by atoms with E-state index >= 15 is 0 Å². The largest absolute Gasteiger partial charge is 0.380 e. The number of carbonyl (C=O) groups is 1. The zero-order valence-electron chi connectivity index (χ0n) is 13.5. The highest BCUT2D eigenvalue weighted by atomic mass is 16.1. The van der Waals surface area contributed by atoms with E-state index in [1.54, 1.807) is 0 Å². The molecule has 0 aromatic heterocycles. The third-order valence-electron chi connectivity index (χ3n) is 3.80. The van der Waals surface area contributed by atoms with Gasteiger partial charge in [-0.05, 0) is 36.6 Å². The number of nitrogens with one attached hydrogen (secondary N) is 2. The van der Waals surface area contributed by atoms with Crippen LogP contribution in [0.4, 0.5) is 5.69 Å². The van der Waals surface area contributed by atoms with E-state index < -0.39 is 0 Å². The van der Waals surface area contributed by atoms with Crippen LogP contribution in [0.3, 0.4) is 0 Å². The third kappa shape index (κ3) is 4.35. The highest BCUT2D eigenvalue weighted by molar-refractivity contribution is 5.95. The molecule has 2 aromatic rings. The van der Waals surface area contributed by atoms with Crippen LogP contribution in [0.25, 0.3) is 0 Å². The fourth-order valence-corrected chi connectivity index (χ4v) is 2.33. The fraction of sp³-hybridized carbons (Fsp3) is 0.316. The SMILES string of the molecule is Cc1ccccc1C(=O)NCC(Nc1ccccc1)C(C)C. The molecule has 3 heteroatoms. The lowest BCUT2D eigenvalue weighted by atomic mass is 10.0. The molecule has 2 N–H and O–H groups in total. The zero-order chi connectivity index (χ0) is 15.9. The van der Waals surface area contributed by atoms with Crippen LogP contribution in [0.15, 0.2) is 54.6 Å². The van der Waals surface area contributed by atoms with Crippen LogP contribution >= 0.6 is 0 Å². The molecule has 0 aliphatic rings. The molecule has 2 rings (SSSR count). The van der Waals surface area contributed by atoms with E-state index in [2.05, 4.69) is 24.5 Å². The van der Waals surface area contributed by atoms with Crippen LogP contribution in [0.2, 0.25) is 0 Å². The summed E-state index contributed by atoms with van der Waals surface area (Å²) in [7, 11) is 0. The van der Waals surface area contributed by atoms with Crippen molar-refractivity contribution < 1.29 is 4.79 Å². The minimum absolute atomic E-state index is 0.0152. The Morgan fingerprint density at radius 1 is 1.00 bits per heavy atom. The highest BCUT2D eigenvalue weighted by Crippen LogP contribution is 2.12. The van der Waals surface area contributed by atoms with Crippen molar-refractivity contribution in [2.45, 2.75) is 26.8 Å². The Labute approximate surface area is 132 Å². The predicted octanol–water partition coefficient (Wildman–Crippen LogP) is 3.86. The Morgan fingerprint density at radius 2 is 1.64 bits per heavy atom. The number of aryl methyl sites for hydroxylation is 1. The lowest BCUT2D eigenvalue weighted by molar-refractivity contribution is 0.0949. The molecule has 0 saturated heterocycles. The van der Waals surface area contributed by atoms with Gasteiger partial charge in [0.15, 0.2) is 0 Å². The second-order valence-electron chi connectivity index (χ2n) is 5.89. The van der Waals surface area contributed by atoms with Crippen molar-refractivity contribution in [1.29, 1.82) is 0 Å². The fourth-order valence-electron chi connectivity index (χ4n) is 2.33. The van der Waals surface area contributed by atoms with Crippen LogP contribution in [0, 0.1) is 12.8 Å². The second kappa shape index (κ2) is 7.64. The molecule has 0 aliphatic heterocycles. The van der Waals surface area contributed by atoms with Gasteiger partial charge in [-0.25, -0.2) is 0 Å². The van der Waals surface area contributed by atoms with Gasteiger partial charge in [0, 0.05) is 23.8 Å². The average molecular weight is 296 g/mol. The molecule has 1 unspecified atom stereocenters. The molecule has 1 amide bonds. The molecule has 0 radical (unpaired) electrons. The number of hydrogen-bond acceptors (Lipinski definition) is 2. The maximum Gasteiger partial charge on any atom is 0.251 e. The number of rotatable bonds is 6. The molecular formula is C19H24N2O. The highest BCUT2D eigenvalue weighted by Gasteiger charge is 2.15. The zero-order valence-corrected chi connectivity index (χ0v) is 13.5. The van der Waals surface area contributed by atoms with Gasteiger partial charge in [0.1, 0.15) is 0 Å². The van der Waals surface area contributed by atoms with Crippen molar-refractivity contribution in [2.75, 3.05) is 11.9 Å². The van der Waals surface area contributed by atoms with E-state index in [0.29, 0.717) is 12.5 Å². The molecular weight excluding hydrogens is 272 g/mol. The molecule has 3 nitrogen and oxygen atoms in total. The molecule has 22 heavy (non-hydrogen) atoms. The van der Waals surface area contributed by atoms with Crippen molar-refractivity contribution in [2.24, 2.45) is 5.92 Å². The average Bonchev–Trinajstić information content (AvgIpc) is 2.52. The first-order chi connectivity index (χ1) is 10.6. The molecule has 0 heterocycles. The second-order valence-corrected chi connectivity index (χ2v) is 5.89. The van der Waals surface area contributed by atoms with E-state index in [4.69, 9.17) is 0 Å². The summed E-state index contributed by atoms with van der Waals surface area (Å²) in [6.07, 6.45) is 0. The van der Waals surface area contributed by atoms with Crippen LogP contribution in [-0.2, 0) is 0 Å². The lowest BCUT2D eigenvalue weighted by Gasteiger charge is -2.24. The van der Waals surface area contributed by atoms with Crippen LogP contribution in [-0.4, -0.2) is 18.5 Å². The van der Waals surface area contributed by atoms with Crippen molar-refractivity contribution >= 4 is 11.6 Å². The Bertz CT molecular complexity index is 608. The molecule has 0 saturated carbocycles. The van der Waals surface area contributed by atoms with E-state index in [1.807, 2.05) is 61.5 Å². The smallest absolute Gasteiger partial charge is 0.251 e. The summed E-state index contributed by atoms with van der Waals surface area (Å²) in [4.78, 5) is 12.3. The summed E-state index contributed by atoms with van der Waals surface area (Å²) in [6.45, 7) is 6.86. The van der Waals surface area contributed by atoms with Gasteiger partial charge in [0.25, 0.3) is 5.91 Å². The van der Waals surface area contributed by atoms with Gasteiger partial charge in [-0.1, -0.05) is 50.2 Å². The first-order valence-corrected chi connectivity index (χ1v) is 7.73. The van der Waals surface area contributed by atoms with E-state index in [9.17, 15) is 4.79 Å². The van der Waals surface area contributed by atoms with Crippen LogP contribution in [0.1, 0.15) is 29.8 Å². The number of amides is 1. The van der Waals surface area contributed by atoms with Gasteiger partial charge in [-0.2, -0.15) is 0 Å². The summed E-state index contributed by atoms with van der Waals surface area (Å²) in [5.41, 5.74) is 2.81. The van der Waals surface area contributed by atoms with E-state index in [-0.39, 0.29) is 11.9 Å². The van der Waals surface area contributed by atoms with E-state index in [0.717, 1.165) is 16.8 Å². The normalized spacial score (nSPS) is 12.0. The summed E-state index contributed by atoms with van der Waals surface area (Å²) < 4.78 is 0. The van der Waals surface area contributed by atoms with Gasteiger partial charge < -0.3 is 10.6 Å². The molecule has 0 bridgehead atoms. The van der Waals surface area contributed by atoms with Crippen molar-refractivity contribution in [3.8, 4) is 0 Å². The van der Waals surface area contributed by atoms with Gasteiger partial charge in [-0.15, -0.1) is 0 Å². The van der Waals surface area contributed by atoms with Crippen molar-refractivity contribution in [1.82, 2.24) is 5.32 Å². The quantitative estimate of drug-likeness (QED) is 0.850.